The van der Waals surface area contributed by atoms with Gasteiger partial charge < -0.3 is 15.8 Å². The minimum Gasteiger partial charge on any atom is -0.409 e. The van der Waals surface area contributed by atoms with E-state index in [2.05, 4.69) is 5.16 Å². The van der Waals surface area contributed by atoms with Gasteiger partial charge in [0.25, 0.3) is 0 Å². The number of alkyl halides is 3. The minimum atomic E-state index is -4.20. The highest BCUT2D eigenvalue weighted by Crippen LogP contribution is 2.22. The van der Waals surface area contributed by atoms with E-state index in [4.69, 9.17) is 10.9 Å². The van der Waals surface area contributed by atoms with E-state index in [-0.39, 0.29) is 25.3 Å². The van der Waals surface area contributed by atoms with Crippen LogP contribution in [0.15, 0.2) is 35.5 Å². The molecule has 0 amide bonds. The summed E-state index contributed by atoms with van der Waals surface area (Å²) < 4.78 is 36.8. The van der Waals surface area contributed by atoms with Crippen LogP contribution in [0.2, 0.25) is 0 Å². The summed E-state index contributed by atoms with van der Waals surface area (Å²) in [5.41, 5.74) is 6.01. The third-order valence-electron chi connectivity index (χ3n) is 2.55. The predicted octanol–water partition coefficient (Wildman–Crippen LogP) is 2.58. The summed E-state index contributed by atoms with van der Waals surface area (Å²) in [5, 5.41) is 11.3. The SMILES string of the molecule is NC(CCN(CCC(F)(F)F)c1ccccc1)=NO. The highest BCUT2D eigenvalue weighted by molar-refractivity contribution is 5.80. The Morgan fingerprint density at radius 1 is 1.21 bits per heavy atom. The van der Waals surface area contributed by atoms with Gasteiger partial charge in [-0.05, 0) is 12.1 Å². The molecule has 0 aromatic heterocycles. The highest BCUT2D eigenvalue weighted by Gasteiger charge is 2.27. The Morgan fingerprint density at radius 3 is 2.37 bits per heavy atom. The molecule has 0 saturated heterocycles. The van der Waals surface area contributed by atoms with Crippen molar-refractivity contribution < 1.29 is 18.4 Å². The van der Waals surface area contributed by atoms with Crippen molar-refractivity contribution in [3.63, 3.8) is 0 Å². The van der Waals surface area contributed by atoms with Crippen LogP contribution >= 0.6 is 0 Å². The van der Waals surface area contributed by atoms with Crippen LogP contribution in [0.4, 0.5) is 18.9 Å². The molecule has 0 saturated carbocycles. The molecule has 0 heterocycles. The number of halogens is 3. The van der Waals surface area contributed by atoms with Crippen LogP contribution in [0.3, 0.4) is 0 Å². The molecular weight excluding hydrogens is 259 g/mol. The Morgan fingerprint density at radius 2 is 1.84 bits per heavy atom. The van der Waals surface area contributed by atoms with E-state index >= 15 is 0 Å². The molecule has 0 aliphatic rings. The number of nitrogens with two attached hydrogens (primary N) is 1. The Labute approximate surface area is 109 Å². The van der Waals surface area contributed by atoms with Crippen molar-refractivity contribution in [1.82, 2.24) is 0 Å². The quantitative estimate of drug-likeness (QED) is 0.363. The van der Waals surface area contributed by atoms with Crippen LogP contribution in [0.25, 0.3) is 0 Å². The fraction of sp³-hybridized carbons (Fsp3) is 0.417. The van der Waals surface area contributed by atoms with Crippen LogP contribution in [-0.2, 0) is 0 Å². The molecule has 0 fully saturated rings. The van der Waals surface area contributed by atoms with E-state index in [0.717, 1.165) is 0 Å². The van der Waals surface area contributed by atoms with Gasteiger partial charge in [-0.2, -0.15) is 13.2 Å². The number of anilines is 1. The molecule has 3 N–H and O–H groups in total. The molecule has 7 heteroatoms. The summed E-state index contributed by atoms with van der Waals surface area (Å²) in [4.78, 5) is 1.56. The molecule has 106 valence electrons. The lowest BCUT2D eigenvalue weighted by Crippen LogP contribution is -2.31. The lowest BCUT2D eigenvalue weighted by Gasteiger charge is -2.25. The number of amidine groups is 1. The maximum atomic E-state index is 12.3. The van der Waals surface area contributed by atoms with Gasteiger partial charge in [-0.25, -0.2) is 0 Å². The van der Waals surface area contributed by atoms with Crippen LogP contribution in [0.5, 0.6) is 0 Å². The van der Waals surface area contributed by atoms with Gasteiger partial charge in [0.15, 0.2) is 0 Å². The molecule has 19 heavy (non-hydrogen) atoms. The molecule has 0 bridgehead atoms. The van der Waals surface area contributed by atoms with E-state index in [0.29, 0.717) is 5.69 Å². The monoisotopic (exact) mass is 275 g/mol. The third-order valence-corrected chi connectivity index (χ3v) is 2.55. The molecule has 4 nitrogen and oxygen atoms in total. The number of rotatable bonds is 6. The molecule has 0 atom stereocenters. The maximum absolute atomic E-state index is 12.3. The zero-order chi connectivity index (χ0) is 14.3. The summed E-state index contributed by atoms with van der Waals surface area (Å²) in [6, 6.07) is 8.74. The van der Waals surface area contributed by atoms with Crippen molar-refractivity contribution in [2.75, 3.05) is 18.0 Å². The summed E-state index contributed by atoms with van der Waals surface area (Å²) in [5.74, 6) is -0.00654. The molecule has 1 aromatic carbocycles. The van der Waals surface area contributed by atoms with Crippen molar-refractivity contribution in [3.05, 3.63) is 30.3 Å². The smallest absolute Gasteiger partial charge is 0.390 e. The Kier molecular flexibility index (Phi) is 5.47. The number of hydrogen-bond donors (Lipinski definition) is 2. The van der Waals surface area contributed by atoms with Gasteiger partial charge in [0.1, 0.15) is 5.84 Å². The van der Waals surface area contributed by atoms with E-state index in [1.165, 1.54) is 0 Å². The average Bonchev–Trinajstić information content (AvgIpc) is 2.38. The number of para-hydroxylation sites is 1. The van der Waals surface area contributed by atoms with Gasteiger partial charge in [0.2, 0.25) is 0 Å². The molecule has 0 unspecified atom stereocenters. The van der Waals surface area contributed by atoms with E-state index in [9.17, 15) is 13.2 Å². The van der Waals surface area contributed by atoms with Crippen LogP contribution in [0, 0.1) is 0 Å². The fourth-order valence-electron chi connectivity index (χ4n) is 1.57. The normalized spacial score (nSPS) is 12.5. The van der Waals surface area contributed by atoms with Crippen molar-refractivity contribution in [2.24, 2.45) is 10.9 Å². The lowest BCUT2D eigenvalue weighted by atomic mass is 10.2. The Hall–Kier alpha value is -1.92. The van der Waals surface area contributed by atoms with Gasteiger partial charge in [-0.15, -0.1) is 0 Å². The average molecular weight is 275 g/mol. The predicted molar refractivity (Wildman–Crippen MR) is 67.4 cm³/mol. The van der Waals surface area contributed by atoms with Crippen molar-refractivity contribution >= 4 is 11.5 Å². The van der Waals surface area contributed by atoms with Crippen molar-refractivity contribution in [3.8, 4) is 0 Å². The van der Waals surface area contributed by atoms with Crippen molar-refractivity contribution in [2.45, 2.75) is 19.0 Å². The second-order valence-corrected chi connectivity index (χ2v) is 4.03. The largest absolute Gasteiger partial charge is 0.409 e. The molecule has 1 aromatic rings. The van der Waals surface area contributed by atoms with Crippen LogP contribution in [0.1, 0.15) is 12.8 Å². The van der Waals surface area contributed by atoms with Gasteiger partial charge >= 0.3 is 6.18 Å². The first-order valence-corrected chi connectivity index (χ1v) is 5.75. The first-order chi connectivity index (χ1) is 8.92. The van der Waals surface area contributed by atoms with E-state index in [1.807, 2.05) is 0 Å². The zero-order valence-electron chi connectivity index (χ0n) is 10.3. The first-order valence-electron chi connectivity index (χ1n) is 5.75. The molecule has 0 aliphatic carbocycles. The summed E-state index contributed by atoms with van der Waals surface area (Å²) in [6.07, 6.45) is -4.91. The number of oxime groups is 1. The Balaban J connectivity index is 2.68. The fourth-order valence-corrected chi connectivity index (χ4v) is 1.57. The zero-order valence-corrected chi connectivity index (χ0v) is 10.3. The van der Waals surface area contributed by atoms with Crippen molar-refractivity contribution in [1.29, 1.82) is 0 Å². The second kappa shape index (κ2) is 6.86. The van der Waals surface area contributed by atoms with E-state index < -0.39 is 12.6 Å². The van der Waals surface area contributed by atoms with Gasteiger partial charge in [0, 0.05) is 25.2 Å². The lowest BCUT2D eigenvalue weighted by molar-refractivity contribution is -0.132. The minimum absolute atomic E-state index is 0.00654. The summed E-state index contributed by atoms with van der Waals surface area (Å²) in [6.45, 7) is 0.0994. The summed E-state index contributed by atoms with van der Waals surface area (Å²) in [7, 11) is 0. The topological polar surface area (TPSA) is 61.8 Å². The van der Waals surface area contributed by atoms with Gasteiger partial charge in [0.05, 0.1) is 6.42 Å². The summed E-state index contributed by atoms with van der Waals surface area (Å²) >= 11 is 0. The molecule has 0 radical (unpaired) electrons. The third kappa shape index (κ3) is 5.98. The highest BCUT2D eigenvalue weighted by atomic mass is 19.4. The van der Waals surface area contributed by atoms with Gasteiger partial charge in [-0.3, -0.25) is 0 Å². The number of benzene rings is 1. The van der Waals surface area contributed by atoms with Crippen LogP contribution in [-0.4, -0.2) is 30.3 Å². The number of hydrogen-bond acceptors (Lipinski definition) is 3. The Bertz CT molecular complexity index is 406. The van der Waals surface area contributed by atoms with Crippen LogP contribution < -0.4 is 10.6 Å². The standard InChI is InChI=1S/C12H16F3N3O/c13-12(14,15)7-9-18(8-6-11(16)17-19)10-4-2-1-3-5-10/h1-5,19H,6-9H2,(H2,16,17). The first kappa shape index (κ1) is 15.1. The number of nitrogens with zero attached hydrogens (tertiary/aromatic N) is 2. The molecule has 1 rings (SSSR count). The van der Waals surface area contributed by atoms with E-state index in [1.54, 1.807) is 35.2 Å². The molecule has 0 spiro atoms. The maximum Gasteiger partial charge on any atom is 0.390 e. The van der Waals surface area contributed by atoms with Gasteiger partial charge in [-0.1, -0.05) is 23.4 Å². The second-order valence-electron chi connectivity index (χ2n) is 4.03. The molecule has 0 aliphatic heterocycles. The molecular formula is C12H16F3N3O.